The van der Waals surface area contributed by atoms with Gasteiger partial charge in [0, 0.05) is 55.6 Å². The largest absolute Gasteiger partial charge is 0.385 e. The fourth-order valence-electron chi connectivity index (χ4n) is 4.94. The van der Waals surface area contributed by atoms with Crippen LogP contribution in [0.25, 0.3) is 17.5 Å². The van der Waals surface area contributed by atoms with E-state index in [1.54, 1.807) is 18.2 Å². The summed E-state index contributed by atoms with van der Waals surface area (Å²) >= 11 is 6.46. The van der Waals surface area contributed by atoms with Gasteiger partial charge in [0.25, 0.3) is 0 Å². The zero-order valence-electron chi connectivity index (χ0n) is 19.4. The number of epoxide rings is 1. The molecule has 0 radical (unpaired) electrons. The first-order valence-electron chi connectivity index (χ1n) is 11.9. The molecule has 3 aliphatic rings. The van der Waals surface area contributed by atoms with Crippen LogP contribution < -0.4 is 4.90 Å². The predicted molar refractivity (Wildman–Crippen MR) is 133 cm³/mol. The number of nitrogens with zero attached hydrogens (tertiary/aromatic N) is 4. The van der Waals surface area contributed by atoms with Gasteiger partial charge in [-0.2, -0.15) is 0 Å². The van der Waals surface area contributed by atoms with Crippen LogP contribution in [0.15, 0.2) is 48.7 Å². The number of anilines is 1. The Bertz CT molecular complexity index is 1250. The predicted octanol–water partition coefficient (Wildman–Crippen LogP) is 3.76. The van der Waals surface area contributed by atoms with E-state index in [-0.39, 0.29) is 16.7 Å². The summed E-state index contributed by atoms with van der Waals surface area (Å²) < 4.78 is 19.7. The number of halogens is 2. The number of hydrogen-bond acceptors (Lipinski definition) is 6. The highest BCUT2D eigenvalue weighted by molar-refractivity contribution is 6.25. The number of allylic oxidation sites excluding steroid dienone is 1. The molecule has 2 aromatic heterocycles. The van der Waals surface area contributed by atoms with Gasteiger partial charge in [-0.3, -0.25) is 4.90 Å². The lowest BCUT2D eigenvalue weighted by Crippen LogP contribution is -2.48. The van der Waals surface area contributed by atoms with Gasteiger partial charge >= 0.3 is 0 Å². The lowest BCUT2D eigenvalue weighted by Gasteiger charge is -2.34. The van der Waals surface area contributed by atoms with Crippen LogP contribution in [0.5, 0.6) is 0 Å². The standard InChI is InChI=1S/C26H27ClFN5O2/c1-26(27)9-8-19-20(14-26)31-24(30-19)16-6-7-21(29-15-16)32-10-12-33(13-11-32)25-23(35-25)22(34)17-4-2-3-5-18(17)28/h2-9,15,22-23,25,34H,10-14H2,1H3,(H,30,31). The van der Waals surface area contributed by atoms with Crippen molar-refractivity contribution < 1.29 is 14.2 Å². The van der Waals surface area contributed by atoms with Crippen LogP contribution in [-0.4, -0.2) is 68.3 Å². The van der Waals surface area contributed by atoms with E-state index in [9.17, 15) is 9.50 Å². The quantitative estimate of drug-likeness (QED) is 0.414. The molecule has 7 nitrogen and oxygen atoms in total. The molecule has 6 rings (SSSR count). The van der Waals surface area contributed by atoms with Crippen molar-refractivity contribution in [3.8, 4) is 11.4 Å². The van der Waals surface area contributed by atoms with Gasteiger partial charge in [-0.25, -0.2) is 14.4 Å². The van der Waals surface area contributed by atoms with E-state index in [0.29, 0.717) is 6.42 Å². The zero-order valence-corrected chi connectivity index (χ0v) is 20.1. The highest BCUT2D eigenvalue weighted by Gasteiger charge is 2.49. The van der Waals surface area contributed by atoms with Gasteiger partial charge < -0.3 is 19.7 Å². The van der Waals surface area contributed by atoms with Gasteiger partial charge in [-0.15, -0.1) is 11.6 Å². The van der Waals surface area contributed by atoms with Crippen LogP contribution in [0.4, 0.5) is 10.2 Å². The van der Waals surface area contributed by atoms with Crippen LogP contribution in [0.3, 0.4) is 0 Å². The molecular formula is C26H27ClFN5O2. The Hall–Kier alpha value is -2.78. The normalized spacial score (nSPS) is 27.0. The lowest BCUT2D eigenvalue weighted by molar-refractivity contribution is 0.132. The summed E-state index contributed by atoms with van der Waals surface area (Å²) in [6, 6.07) is 10.4. The molecule has 0 spiro atoms. The topological polar surface area (TPSA) is 80.8 Å². The number of ether oxygens (including phenoxy) is 1. The van der Waals surface area contributed by atoms with Crippen LogP contribution >= 0.6 is 11.6 Å². The average Bonchev–Trinajstić information content (AvgIpc) is 3.56. The maximum absolute atomic E-state index is 14.0. The molecule has 1 aromatic carbocycles. The summed E-state index contributed by atoms with van der Waals surface area (Å²) in [5.74, 6) is 1.30. The minimum atomic E-state index is -0.964. The van der Waals surface area contributed by atoms with E-state index in [2.05, 4.69) is 19.8 Å². The molecule has 3 aromatic rings. The van der Waals surface area contributed by atoms with Crippen molar-refractivity contribution in [2.45, 2.75) is 36.7 Å². The second kappa shape index (κ2) is 8.71. The smallest absolute Gasteiger partial charge is 0.140 e. The zero-order chi connectivity index (χ0) is 24.2. The van der Waals surface area contributed by atoms with E-state index < -0.39 is 18.0 Å². The number of H-pyrrole nitrogens is 1. The molecule has 9 heteroatoms. The number of rotatable bonds is 5. The number of aromatic nitrogens is 3. The molecule has 0 saturated carbocycles. The van der Waals surface area contributed by atoms with Crippen molar-refractivity contribution >= 4 is 23.5 Å². The Labute approximate surface area is 208 Å². The summed E-state index contributed by atoms with van der Waals surface area (Å²) in [4.78, 5) is 16.8. The number of pyridine rings is 1. The molecular weight excluding hydrogens is 469 g/mol. The molecule has 4 atom stereocenters. The van der Waals surface area contributed by atoms with E-state index in [1.807, 2.05) is 37.4 Å². The molecule has 2 aliphatic heterocycles. The van der Waals surface area contributed by atoms with Gasteiger partial charge in [0.1, 0.15) is 35.9 Å². The number of hydrogen-bond donors (Lipinski definition) is 2. The number of aliphatic hydroxyl groups is 1. The number of aromatic amines is 1. The summed E-state index contributed by atoms with van der Waals surface area (Å²) in [6.45, 7) is 5.14. The van der Waals surface area contributed by atoms with Crippen LogP contribution in [-0.2, 0) is 11.2 Å². The number of imidazole rings is 1. The van der Waals surface area contributed by atoms with Crippen molar-refractivity contribution in [2.24, 2.45) is 0 Å². The van der Waals surface area contributed by atoms with E-state index in [1.165, 1.54) is 6.07 Å². The van der Waals surface area contributed by atoms with Gasteiger partial charge in [0.15, 0.2) is 0 Å². The van der Waals surface area contributed by atoms with E-state index in [4.69, 9.17) is 21.3 Å². The first-order chi connectivity index (χ1) is 16.9. The number of alkyl halides is 1. The molecule has 4 heterocycles. The SMILES string of the molecule is CC1(Cl)C=Cc2nc(-c3ccc(N4CCN(C5OC5C(O)c5ccccc5F)CC4)nc3)[nH]c2C1. The Kier molecular flexibility index (Phi) is 5.64. The number of fused-ring (bicyclic) bond motifs is 1. The van der Waals surface area contributed by atoms with Crippen molar-refractivity contribution in [3.05, 3.63) is 71.4 Å². The summed E-state index contributed by atoms with van der Waals surface area (Å²) in [7, 11) is 0. The molecule has 182 valence electrons. The van der Waals surface area contributed by atoms with Crippen LogP contribution in [0.2, 0.25) is 0 Å². The fourth-order valence-corrected chi connectivity index (χ4v) is 5.14. The van der Waals surface area contributed by atoms with Gasteiger partial charge in [0.05, 0.1) is 10.6 Å². The highest BCUT2D eigenvalue weighted by Crippen LogP contribution is 2.38. The summed E-state index contributed by atoms with van der Waals surface area (Å²) in [6.07, 6.45) is 4.97. The number of aliphatic hydroxyl groups excluding tert-OH is 1. The Balaban J connectivity index is 1.06. The van der Waals surface area contributed by atoms with Crippen LogP contribution in [0.1, 0.15) is 30.0 Å². The first kappa shape index (κ1) is 22.7. The minimum Gasteiger partial charge on any atom is -0.385 e. The number of benzene rings is 1. The third-order valence-corrected chi connectivity index (χ3v) is 7.24. The Morgan fingerprint density at radius 2 is 2.00 bits per heavy atom. The fraction of sp³-hybridized carbons (Fsp3) is 0.385. The minimum absolute atomic E-state index is 0.184. The van der Waals surface area contributed by atoms with Crippen molar-refractivity contribution in [2.75, 3.05) is 31.1 Å². The number of nitrogens with one attached hydrogen (secondary N) is 1. The summed E-state index contributed by atoms with van der Waals surface area (Å²) in [5, 5.41) is 10.5. The molecule has 4 unspecified atom stereocenters. The maximum atomic E-state index is 14.0. The van der Waals surface area contributed by atoms with Gasteiger partial charge in [-0.05, 0) is 31.2 Å². The van der Waals surface area contributed by atoms with Crippen molar-refractivity contribution in [3.63, 3.8) is 0 Å². The van der Waals surface area contributed by atoms with E-state index >= 15 is 0 Å². The average molecular weight is 496 g/mol. The highest BCUT2D eigenvalue weighted by atomic mass is 35.5. The summed E-state index contributed by atoms with van der Waals surface area (Å²) in [5.41, 5.74) is 3.19. The third kappa shape index (κ3) is 4.47. The molecule has 1 aliphatic carbocycles. The van der Waals surface area contributed by atoms with Crippen LogP contribution in [0, 0.1) is 5.82 Å². The maximum Gasteiger partial charge on any atom is 0.140 e. The van der Waals surface area contributed by atoms with Crippen molar-refractivity contribution in [1.82, 2.24) is 19.9 Å². The van der Waals surface area contributed by atoms with Gasteiger partial charge in [0.2, 0.25) is 0 Å². The second-order valence-corrected chi connectivity index (χ2v) is 10.5. The molecule has 35 heavy (non-hydrogen) atoms. The first-order valence-corrected chi connectivity index (χ1v) is 12.3. The Morgan fingerprint density at radius 3 is 2.74 bits per heavy atom. The number of piperazine rings is 1. The van der Waals surface area contributed by atoms with Gasteiger partial charge in [-0.1, -0.05) is 24.3 Å². The Morgan fingerprint density at radius 1 is 1.20 bits per heavy atom. The van der Waals surface area contributed by atoms with Crippen molar-refractivity contribution in [1.29, 1.82) is 0 Å². The second-order valence-electron chi connectivity index (χ2n) is 9.62. The molecule has 0 bridgehead atoms. The lowest BCUT2D eigenvalue weighted by atomic mass is 9.98. The molecule has 2 N–H and O–H groups in total. The van der Waals surface area contributed by atoms with E-state index in [0.717, 1.165) is 54.8 Å². The molecule has 2 fully saturated rings. The monoisotopic (exact) mass is 495 g/mol. The third-order valence-electron chi connectivity index (χ3n) is 6.98. The molecule has 2 saturated heterocycles. The molecule has 0 amide bonds.